The molecule has 0 spiro atoms. The van der Waals surface area contributed by atoms with Crippen molar-refractivity contribution in [1.29, 1.82) is 0 Å². The third-order valence-electron chi connectivity index (χ3n) is 3.45. The van der Waals surface area contributed by atoms with Gasteiger partial charge in [-0.15, -0.1) is 0 Å². The summed E-state index contributed by atoms with van der Waals surface area (Å²) in [7, 11) is 5.16. The number of likely N-dealkylation sites (N-methyl/N-ethyl adjacent to an activating group) is 2. The number of nitrogens with zero attached hydrogens (tertiary/aromatic N) is 2. The largest absolute Gasteiger partial charge is 0.348 e. The van der Waals surface area contributed by atoms with E-state index in [9.17, 15) is 9.59 Å². The highest BCUT2D eigenvalue weighted by atomic mass is 32.2. The number of hydrogen-bond donors (Lipinski definition) is 1. The maximum atomic E-state index is 12.3. The highest BCUT2D eigenvalue weighted by molar-refractivity contribution is 7.99. The molecule has 2 aromatic rings. The van der Waals surface area contributed by atoms with Crippen LogP contribution in [0.1, 0.15) is 0 Å². The van der Waals surface area contributed by atoms with Crippen LogP contribution in [0.4, 0.5) is 5.69 Å². The Hall–Kier alpha value is -2.31. The lowest BCUT2D eigenvalue weighted by Gasteiger charge is -2.19. The summed E-state index contributed by atoms with van der Waals surface area (Å²) >= 11 is 1.60. The summed E-state index contributed by atoms with van der Waals surface area (Å²) in [6.07, 6.45) is 0. The Morgan fingerprint density at radius 2 is 1.56 bits per heavy atom. The van der Waals surface area contributed by atoms with Crippen molar-refractivity contribution in [3.63, 3.8) is 0 Å². The molecule has 0 radical (unpaired) electrons. The Labute approximate surface area is 153 Å². The van der Waals surface area contributed by atoms with Gasteiger partial charge in [0, 0.05) is 23.9 Å². The van der Waals surface area contributed by atoms with E-state index in [2.05, 4.69) is 5.32 Å². The van der Waals surface area contributed by atoms with Gasteiger partial charge in [0.15, 0.2) is 0 Å². The predicted molar refractivity (Wildman–Crippen MR) is 102 cm³/mol. The maximum absolute atomic E-state index is 12.3. The minimum Gasteiger partial charge on any atom is -0.348 e. The number of carbonyl (C=O) groups is 2. The monoisotopic (exact) mass is 357 g/mol. The molecule has 25 heavy (non-hydrogen) atoms. The van der Waals surface area contributed by atoms with Gasteiger partial charge in [-0.1, -0.05) is 42.1 Å². The fourth-order valence-corrected chi connectivity index (χ4v) is 3.06. The second-order valence-corrected chi connectivity index (χ2v) is 7.04. The highest BCUT2D eigenvalue weighted by Gasteiger charge is 2.13. The van der Waals surface area contributed by atoms with Gasteiger partial charge >= 0.3 is 0 Å². The van der Waals surface area contributed by atoms with Crippen LogP contribution < -0.4 is 5.32 Å². The lowest BCUT2D eigenvalue weighted by atomic mass is 10.3. The zero-order valence-corrected chi connectivity index (χ0v) is 15.5. The van der Waals surface area contributed by atoms with Crippen LogP contribution in [-0.4, -0.2) is 55.8 Å². The number of para-hydroxylation sites is 1. The van der Waals surface area contributed by atoms with Crippen LogP contribution in [0.15, 0.2) is 64.4 Å². The summed E-state index contributed by atoms with van der Waals surface area (Å²) in [6.45, 7) is 0.366. The van der Waals surface area contributed by atoms with E-state index in [4.69, 9.17) is 0 Å². The number of benzene rings is 2. The van der Waals surface area contributed by atoms with Crippen LogP contribution in [0.5, 0.6) is 0 Å². The van der Waals surface area contributed by atoms with E-state index in [0.717, 1.165) is 15.5 Å². The first-order valence-corrected chi connectivity index (χ1v) is 8.78. The van der Waals surface area contributed by atoms with Crippen molar-refractivity contribution in [2.24, 2.45) is 0 Å². The topological polar surface area (TPSA) is 52.7 Å². The lowest BCUT2D eigenvalue weighted by molar-refractivity contribution is -0.130. The molecule has 0 aliphatic carbocycles. The Balaban J connectivity index is 1.98. The van der Waals surface area contributed by atoms with Gasteiger partial charge < -0.3 is 10.2 Å². The molecule has 0 atom stereocenters. The zero-order chi connectivity index (χ0) is 18.2. The van der Waals surface area contributed by atoms with Gasteiger partial charge in [-0.3, -0.25) is 14.5 Å². The summed E-state index contributed by atoms with van der Waals surface area (Å²) in [6, 6.07) is 17.7. The van der Waals surface area contributed by atoms with Crippen LogP contribution in [0.25, 0.3) is 0 Å². The normalized spacial score (nSPS) is 10.6. The van der Waals surface area contributed by atoms with Crippen molar-refractivity contribution in [3.8, 4) is 0 Å². The Morgan fingerprint density at radius 1 is 0.920 bits per heavy atom. The van der Waals surface area contributed by atoms with Crippen molar-refractivity contribution >= 4 is 29.3 Å². The summed E-state index contributed by atoms with van der Waals surface area (Å²) in [4.78, 5) is 29.3. The van der Waals surface area contributed by atoms with Crippen LogP contribution in [0.2, 0.25) is 0 Å². The summed E-state index contributed by atoms with van der Waals surface area (Å²) in [5, 5.41) is 2.94. The van der Waals surface area contributed by atoms with Crippen molar-refractivity contribution in [1.82, 2.24) is 9.80 Å². The molecule has 0 saturated heterocycles. The first kappa shape index (κ1) is 19.0. The minimum atomic E-state index is -0.143. The Bertz CT molecular complexity index is 720. The molecule has 0 unspecified atom stereocenters. The van der Waals surface area contributed by atoms with E-state index >= 15 is 0 Å². The number of nitrogens with one attached hydrogen (secondary N) is 1. The molecule has 0 bridgehead atoms. The average molecular weight is 357 g/mol. The van der Waals surface area contributed by atoms with Crippen molar-refractivity contribution in [2.75, 3.05) is 39.5 Å². The molecule has 2 rings (SSSR count). The van der Waals surface area contributed by atoms with Gasteiger partial charge in [0.1, 0.15) is 0 Å². The van der Waals surface area contributed by atoms with Crippen molar-refractivity contribution in [2.45, 2.75) is 9.79 Å². The van der Waals surface area contributed by atoms with E-state index in [0.29, 0.717) is 0 Å². The molecule has 0 aliphatic heterocycles. The second kappa shape index (κ2) is 9.25. The zero-order valence-electron chi connectivity index (χ0n) is 14.7. The van der Waals surface area contributed by atoms with Crippen LogP contribution in [-0.2, 0) is 9.59 Å². The third kappa shape index (κ3) is 6.25. The molecule has 5 nitrogen and oxygen atoms in total. The first-order valence-electron chi connectivity index (χ1n) is 7.96. The average Bonchev–Trinajstić information content (AvgIpc) is 2.57. The van der Waals surface area contributed by atoms with Crippen molar-refractivity contribution in [3.05, 3.63) is 54.6 Å². The molecular weight excluding hydrogens is 334 g/mol. The fraction of sp³-hybridized carbons (Fsp3) is 0.263. The molecule has 2 amide bonds. The van der Waals surface area contributed by atoms with Crippen LogP contribution >= 0.6 is 11.8 Å². The van der Waals surface area contributed by atoms with Gasteiger partial charge in [-0.25, -0.2) is 0 Å². The van der Waals surface area contributed by atoms with Crippen LogP contribution in [0.3, 0.4) is 0 Å². The van der Waals surface area contributed by atoms with E-state index < -0.39 is 0 Å². The molecule has 132 valence electrons. The maximum Gasteiger partial charge on any atom is 0.238 e. The standard InChI is InChI=1S/C19H23N3O2S/c1-21(2)19(24)14-22(3)13-18(23)20-16-11-7-8-12-17(16)25-15-9-5-4-6-10-15/h4-12H,13-14H2,1-3H3,(H,20,23). The van der Waals surface area contributed by atoms with E-state index in [-0.39, 0.29) is 24.9 Å². The second-order valence-electron chi connectivity index (χ2n) is 5.92. The number of carbonyl (C=O) groups excluding carboxylic acids is 2. The van der Waals surface area contributed by atoms with Gasteiger partial charge in [-0.05, 0) is 31.3 Å². The molecule has 0 saturated carbocycles. The van der Waals surface area contributed by atoms with E-state index in [1.165, 1.54) is 4.90 Å². The quantitative estimate of drug-likeness (QED) is 0.828. The Morgan fingerprint density at radius 3 is 2.24 bits per heavy atom. The molecule has 1 N–H and O–H groups in total. The minimum absolute atomic E-state index is 0.0321. The molecule has 0 aliphatic rings. The number of rotatable bonds is 7. The molecule has 6 heteroatoms. The van der Waals surface area contributed by atoms with Gasteiger partial charge in [0.2, 0.25) is 11.8 Å². The lowest BCUT2D eigenvalue weighted by Crippen LogP contribution is -2.38. The molecule has 0 aromatic heterocycles. The first-order chi connectivity index (χ1) is 12.0. The van der Waals surface area contributed by atoms with E-state index in [1.807, 2.05) is 54.6 Å². The van der Waals surface area contributed by atoms with Gasteiger partial charge in [-0.2, -0.15) is 0 Å². The predicted octanol–water partition coefficient (Wildman–Crippen LogP) is 2.80. The molecule has 0 heterocycles. The number of anilines is 1. The van der Waals surface area contributed by atoms with Gasteiger partial charge in [0.05, 0.1) is 18.8 Å². The summed E-state index contributed by atoms with van der Waals surface area (Å²) < 4.78 is 0. The molecule has 0 fully saturated rings. The third-order valence-corrected chi connectivity index (χ3v) is 4.53. The Kier molecular flexibility index (Phi) is 7.03. The number of amides is 2. The summed E-state index contributed by atoms with van der Waals surface area (Å²) in [5.41, 5.74) is 0.772. The number of hydrogen-bond acceptors (Lipinski definition) is 4. The SMILES string of the molecule is CN(CC(=O)Nc1ccccc1Sc1ccccc1)CC(=O)N(C)C. The molecular formula is C19H23N3O2S. The fourth-order valence-electron chi connectivity index (χ4n) is 2.14. The van der Waals surface area contributed by atoms with Crippen LogP contribution in [0, 0.1) is 0 Å². The smallest absolute Gasteiger partial charge is 0.238 e. The van der Waals surface area contributed by atoms with Gasteiger partial charge in [0.25, 0.3) is 0 Å². The van der Waals surface area contributed by atoms with E-state index in [1.54, 1.807) is 37.8 Å². The summed E-state index contributed by atoms with van der Waals surface area (Å²) in [5.74, 6) is -0.175. The molecule has 2 aromatic carbocycles. The highest BCUT2D eigenvalue weighted by Crippen LogP contribution is 2.33. The van der Waals surface area contributed by atoms with Crippen molar-refractivity contribution < 1.29 is 9.59 Å².